The first-order valence-corrected chi connectivity index (χ1v) is 15.5. The summed E-state index contributed by atoms with van der Waals surface area (Å²) in [6, 6.07) is 8.27. The van der Waals surface area contributed by atoms with Crippen LogP contribution in [0.5, 0.6) is 0 Å². The van der Waals surface area contributed by atoms with E-state index in [0.717, 1.165) is 16.7 Å². The standard InChI is InChI=1S/C32H41F3N6O5/c1-20-5-6-23(36-29(43)40-8-7-21(18-40)17-32(33,34)35)15-25(20)22-13-26(39-9-11-45-12-10-39)38-27(14-22)41-19-24(16-28(41)42)37-30(44)46-31(2,3)4/h5-6,13-15,21,24H,7-12,16-19H2,1-4H3,(H,36,43)(H,37,44)/t21-,24-/m0/s1. The van der Waals surface area contributed by atoms with Crippen LogP contribution in [-0.4, -0.2) is 91.7 Å². The third-order valence-electron chi connectivity index (χ3n) is 8.15. The van der Waals surface area contributed by atoms with E-state index in [1.54, 1.807) is 31.7 Å². The summed E-state index contributed by atoms with van der Waals surface area (Å²) in [7, 11) is 0. The van der Waals surface area contributed by atoms with E-state index in [9.17, 15) is 27.6 Å². The minimum atomic E-state index is -4.26. The molecule has 2 atom stereocenters. The van der Waals surface area contributed by atoms with Gasteiger partial charge in [-0.15, -0.1) is 0 Å². The Morgan fingerprint density at radius 1 is 1.04 bits per heavy atom. The van der Waals surface area contributed by atoms with Gasteiger partial charge in [-0.05, 0) is 81.0 Å². The number of rotatable bonds is 6. The maximum absolute atomic E-state index is 13.2. The topological polar surface area (TPSA) is 116 Å². The van der Waals surface area contributed by atoms with E-state index in [1.165, 1.54) is 4.90 Å². The van der Waals surface area contributed by atoms with Gasteiger partial charge in [0.25, 0.3) is 0 Å². The van der Waals surface area contributed by atoms with E-state index < -0.39 is 42.3 Å². The predicted octanol–water partition coefficient (Wildman–Crippen LogP) is 5.33. The van der Waals surface area contributed by atoms with Gasteiger partial charge in [0.05, 0.1) is 19.3 Å². The Balaban J connectivity index is 1.38. The molecule has 5 rings (SSSR count). The van der Waals surface area contributed by atoms with Crippen molar-refractivity contribution >= 4 is 35.4 Å². The molecule has 3 aliphatic rings. The Morgan fingerprint density at radius 3 is 2.46 bits per heavy atom. The van der Waals surface area contributed by atoms with Crippen LogP contribution in [0.2, 0.25) is 0 Å². The summed E-state index contributed by atoms with van der Waals surface area (Å²) in [5, 5.41) is 5.63. The van der Waals surface area contributed by atoms with Crippen LogP contribution in [0.15, 0.2) is 30.3 Å². The van der Waals surface area contributed by atoms with E-state index >= 15 is 0 Å². The third-order valence-corrected chi connectivity index (χ3v) is 8.15. The average Bonchev–Trinajstić information content (AvgIpc) is 3.58. The van der Waals surface area contributed by atoms with E-state index in [2.05, 4.69) is 15.5 Å². The molecule has 11 nitrogen and oxygen atoms in total. The van der Waals surface area contributed by atoms with Crippen molar-refractivity contribution in [1.82, 2.24) is 15.2 Å². The zero-order chi connectivity index (χ0) is 33.2. The molecule has 0 aliphatic carbocycles. The number of alkyl halides is 3. The molecular weight excluding hydrogens is 605 g/mol. The zero-order valence-electron chi connectivity index (χ0n) is 26.6. The molecule has 0 saturated carbocycles. The summed E-state index contributed by atoms with van der Waals surface area (Å²) in [5.74, 6) is 0.291. The van der Waals surface area contributed by atoms with Crippen molar-refractivity contribution in [3.63, 3.8) is 0 Å². The Morgan fingerprint density at radius 2 is 1.76 bits per heavy atom. The number of pyridine rings is 1. The van der Waals surface area contributed by atoms with Gasteiger partial charge in [-0.2, -0.15) is 13.2 Å². The van der Waals surface area contributed by atoms with Crippen molar-refractivity contribution in [3.05, 3.63) is 35.9 Å². The molecule has 0 unspecified atom stereocenters. The summed E-state index contributed by atoms with van der Waals surface area (Å²) in [6.45, 7) is 10.1. The van der Waals surface area contributed by atoms with Crippen molar-refractivity contribution in [1.29, 1.82) is 0 Å². The van der Waals surface area contributed by atoms with Crippen LogP contribution in [0.3, 0.4) is 0 Å². The Bertz CT molecular complexity index is 1460. The number of alkyl carbamates (subject to hydrolysis) is 1. The number of benzene rings is 1. The normalized spacial score (nSPS) is 20.7. The van der Waals surface area contributed by atoms with Gasteiger partial charge < -0.3 is 29.9 Å². The molecule has 4 heterocycles. The number of morpholine rings is 1. The minimum Gasteiger partial charge on any atom is -0.444 e. The molecule has 3 aliphatic heterocycles. The van der Waals surface area contributed by atoms with Crippen LogP contribution < -0.4 is 20.4 Å². The van der Waals surface area contributed by atoms with E-state index in [1.807, 2.05) is 31.2 Å². The Labute approximate surface area is 266 Å². The lowest BCUT2D eigenvalue weighted by molar-refractivity contribution is -0.143. The van der Waals surface area contributed by atoms with Gasteiger partial charge in [0.1, 0.15) is 17.2 Å². The number of urea groups is 1. The lowest BCUT2D eigenvalue weighted by Gasteiger charge is -2.29. The zero-order valence-corrected chi connectivity index (χ0v) is 26.6. The summed E-state index contributed by atoms with van der Waals surface area (Å²) in [4.78, 5) is 48.5. The molecular formula is C32H41F3N6O5. The van der Waals surface area contributed by atoms with Gasteiger partial charge in [0, 0.05) is 51.3 Å². The summed E-state index contributed by atoms with van der Waals surface area (Å²) >= 11 is 0. The number of ether oxygens (including phenoxy) is 2. The van der Waals surface area contributed by atoms with Crippen molar-refractivity contribution in [2.24, 2.45) is 5.92 Å². The average molecular weight is 647 g/mol. The molecule has 3 saturated heterocycles. The molecule has 46 heavy (non-hydrogen) atoms. The second-order valence-corrected chi connectivity index (χ2v) is 13.1. The number of nitrogens with zero attached hydrogens (tertiary/aromatic N) is 4. The van der Waals surface area contributed by atoms with Crippen LogP contribution in [0, 0.1) is 12.8 Å². The SMILES string of the molecule is Cc1ccc(NC(=O)N2CC[C@@H](CC(F)(F)F)C2)cc1-c1cc(N2CCOCC2)nc(N2C[C@@H](NC(=O)OC(C)(C)C)CC2=O)c1. The van der Waals surface area contributed by atoms with E-state index in [-0.39, 0.29) is 32.0 Å². The maximum Gasteiger partial charge on any atom is 0.407 e. The molecule has 250 valence electrons. The maximum atomic E-state index is 13.2. The summed E-state index contributed by atoms with van der Waals surface area (Å²) < 4.78 is 49.5. The second kappa shape index (κ2) is 13.3. The highest BCUT2D eigenvalue weighted by molar-refractivity contribution is 5.97. The first kappa shape index (κ1) is 33.3. The number of nitrogens with one attached hydrogen (secondary N) is 2. The monoisotopic (exact) mass is 646 g/mol. The Hall–Kier alpha value is -4.07. The lowest BCUT2D eigenvalue weighted by atomic mass is 10.00. The van der Waals surface area contributed by atoms with Crippen molar-refractivity contribution in [2.45, 2.75) is 64.8 Å². The molecule has 2 N–H and O–H groups in total. The van der Waals surface area contributed by atoms with Gasteiger partial charge in [-0.1, -0.05) is 6.07 Å². The number of carbonyl (C=O) groups excluding carboxylic acids is 3. The molecule has 4 amide bonds. The van der Waals surface area contributed by atoms with Gasteiger partial charge in [-0.25, -0.2) is 14.6 Å². The van der Waals surface area contributed by atoms with Crippen LogP contribution in [0.25, 0.3) is 11.1 Å². The van der Waals surface area contributed by atoms with Gasteiger partial charge in [0.2, 0.25) is 5.91 Å². The van der Waals surface area contributed by atoms with Crippen LogP contribution in [-0.2, 0) is 14.3 Å². The number of amides is 4. The first-order valence-electron chi connectivity index (χ1n) is 15.5. The highest BCUT2D eigenvalue weighted by Crippen LogP contribution is 2.35. The van der Waals surface area contributed by atoms with Gasteiger partial charge in [-0.3, -0.25) is 9.69 Å². The van der Waals surface area contributed by atoms with Crippen LogP contribution in [0.4, 0.5) is 40.1 Å². The lowest BCUT2D eigenvalue weighted by Crippen LogP contribution is -2.40. The van der Waals surface area contributed by atoms with Gasteiger partial charge >= 0.3 is 18.3 Å². The fourth-order valence-electron chi connectivity index (χ4n) is 5.97. The van der Waals surface area contributed by atoms with E-state index in [0.29, 0.717) is 50.0 Å². The molecule has 1 aromatic carbocycles. The summed E-state index contributed by atoms with van der Waals surface area (Å²) in [5.41, 5.74) is 2.29. The molecule has 0 spiro atoms. The van der Waals surface area contributed by atoms with Crippen molar-refractivity contribution in [2.75, 3.05) is 61.1 Å². The third kappa shape index (κ3) is 8.59. The fourth-order valence-corrected chi connectivity index (χ4v) is 5.97. The van der Waals surface area contributed by atoms with Crippen LogP contribution >= 0.6 is 0 Å². The molecule has 1 aromatic heterocycles. The van der Waals surface area contributed by atoms with Crippen molar-refractivity contribution in [3.8, 4) is 11.1 Å². The number of hydrogen-bond donors (Lipinski definition) is 2. The number of halogens is 3. The predicted molar refractivity (Wildman–Crippen MR) is 167 cm³/mol. The van der Waals surface area contributed by atoms with Gasteiger partial charge in [0.15, 0.2) is 0 Å². The minimum absolute atomic E-state index is 0.0499. The van der Waals surface area contributed by atoms with Crippen LogP contribution in [0.1, 0.15) is 45.6 Å². The largest absolute Gasteiger partial charge is 0.444 e. The molecule has 14 heteroatoms. The quantitative estimate of drug-likeness (QED) is 0.436. The highest BCUT2D eigenvalue weighted by atomic mass is 19.4. The molecule has 3 fully saturated rings. The van der Waals surface area contributed by atoms with E-state index in [4.69, 9.17) is 14.5 Å². The number of carbonyl (C=O) groups is 3. The van der Waals surface area contributed by atoms with Crippen molar-refractivity contribution < 1.29 is 37.0 Å². The number of anilines is 3. The number of likely N-dealkylation sites (tertiary alicyclic amines) is 1. The smallest absolute Gasteiger partial charge is 0.407 e. The molecule has 0 radical (unpaired) electrons. The summed E-state index contributed by atoms with van der Waals surface area (Å²) in [6.07, 6.45) is -5.36. The second-order valence-electron chi connectivity index (χ2n) is 13.1. The Kier molecular flexibility index (Phi) is 9.66. The molecule has 0 bridgehead atoms. The first-order chi connectivity index (χ1) is 21.6. The molecule has 2 aromatic rings. The highest BCUT2D eigenvalue weighted by Gasteiger charge is 2.37. The number of aromatic nitrogens is 1. The fraction of sp³-hybridized carbons (Fsp3) is 0.562. The number of hydrogen-bond acceptors (Lipinski definition) is 7. The number of aryl methyl sites for hydroxylation is 1.